The van der Waals surface area contributed by atoms with E-state index in [1.54, 1.807) is 13.0 Å². The van der Waals surface area contributed by atoms with Gasteiger partial charge in [0.25, 0.3) is 5.91 Å². The average molecular weight is 618 g/mol. The number of aliphatic hydroxyl groups excluding tert-OH is 1. The summed E-state index contributed by atoms with van der Waals surface area (Å²) in [6.45, 7) is 5.99. The molecular formula is C31H43N3O10. The standard InChI is InChI=1S/C31H43N3O10/c1-16-11-21-26(33-5)23(36)14-22(28(21)38)34-30(39)17(2)9-8-10-24(41-6)29(44-31(32)40)20(15-43-19(4)35)13-18(3)27(37)25(12-16)42-7/h8-10,13-14,16,18,24-25,27,29,33,37H,11-12,15H2,1-7H3,(H2,32,40)(H,34,39)/b10-8-,17-9+,20-13+/t16-,18+,24-,25-,27-,29+/m1/s1. The Balaban J connectivity index is 2.69. The second-order valence-electron chi connectivity index (χ2n) is 10.8. The van der Waals surface area contributed by atoms with Gasteiger partial charge in [0.1, 0.15) is 12.7 Å². The number of aliphatic hydroxyl groups is 1. The minimum atomic E-state index is -1.17. The molecule has 0 aromatic heterocycles. The number of carbonyl (C=O) groups excluding carboxylic acids is 5. The largest absolute Gasteiger partial charge is 0.461 e. The number of rotatable bonds is 6. The normalized spacial score (nSPS) is 30.6. The lowest BCUT2D eigenvalue weighted by molar-refractivity contribution is -0.140. The molecule has 1 aliphatic carbocycles. The van der Waals surface area contributed by atoms with E-state index in [1.807, 2.05) is 6.92 Å². The molecule has 13 nitrogen and oxygen atoms in total. The van der Waals surface area contributed by atoms with Gasteiger partial charge in [-0.15, -0.1) is 0 Å². The van der Waals surface area contributed by atoms with Crippen LogP contribution in [0.3, 0.4) is 0 Å². The molecule has 0 aromatic rings. The highest BCUT2D eigenvalue weighted by Gasteiger charge is 2.34. The summed E-state index contributed by atoms with van der Waals surface area (Å²) in [5.41, 5.74) is 6.03. The monoisotopic (exact) mass is 617 g/mol. The van der Waals surface area contributed by atoms with Crippen molar-refractivity contribution >= 4 is 29.5 Å². The van der Waals surface area contributed by atoms with Crippen molar-refractivity contribution in [2.24, 2.45) is 17.6 Å². The van der Waals surface area contributed by atoms with Crippen molar-refractivity contribution in [3.63, 3.8) is 0 Å². The van der Waals surface area contributed by atoms with E-state index in [-0.39, 0.29) is 53.5 Å². The van der Waals surface area contributed by atoms with Gasteiger partial charge in [-0.05, 0) is 25.7 Å². The van der Waals surface area contributed by atoms with Crippen LogP contribution in [0.1, 0.15) is 40.5 Å². The van der Waals surface area contributed by atoms with Crippen LogP contribution in [0.15, 0.2) is 58.5 Å². The summed E-state index contributed by atoms with van der Waals surface area (Å²) in [6.07, 6.45) is 2.47. The fraction of sp³-hybridized carbons (Fsp3) is 0.516. The Morgan fingerprint density at radius 1 is 1.16 bits per heavy atom. The molecule has 5 N–H and O–H groups in total. The van der Waals surface area contributed by atoms with E-state index in [0.717, 1.165) is 6.08 Å². The van der Waals surface area contributed by atoms with E-state index in [1.165, 1.54) is 53.3 Å². The molecule has 2 rings (SSSR count). The predicted octanol–water partition coefficient (Wildman–Crippen LogP) is 1.52. The zero-order valence-electron chi connectivity index (χ0n) is 26.2. The minimum Gasteiger partial charge on any atom is -0.461 e. The molecule has 0 saturated carbocycles. The highest BCUT2D eigenvalue weighted by atomic mass is 16.6. The van der Waals surface area contributed by atoms with Gasteiger partial charge in [-0.1, -0.05) is 38.2 Å². The van der Waals surface area contributed by atoms with E-state index >= 15 is 0 Å². The molecule has 0 spiro atoms. The molecule has 1 heterocycles. The summed E-state index contributed by atoms with van der Waals surface area (Å²) in [5, 5.41) is 16.7. The smallest absolute Gasteiger partial charge is 0.405 e. The summed E-state index contributed by atoms with van der Waals surface area (Å²) in [6, 6.07) is 0. The fourth-order valence-corrected chi connectivity index (χ4v) is 5.03. The number of esters is 1. The second-order valence-corrected chi connectivity index (χ2v) is 10.8. The first-order valence-electron chi connectivity index (χ1n) is 14.2. The number of fused-ring (bicyclic) bond motifs is 2. The molecule has 0 fully saturated rings. The molecule has 0 unspecified atom stereocenters. The maximum absolute atomic E-state index is 13.4. The van der Waals surface area contributed by atoms with Crippen molar-refractivity contribution in [1.82, 2.24) is 10.6 Å². The van der Waals surface area contributed by atoms with Gasteiger partial charge in [0.05, 0.1) is 23.6 Å². The maximum atomic E-state index is 13.4. The van der Waals surface area contributed by atoms with E-state index in [9.17, 15) is 29.1 Å². The number of allylic oxidation sites excluding steroid dienone is 4. The Bertz CT molecular complexity index is 1280. The third-order valence-electron chi connectivity index (χ3n) is 7.35. The summed E-state index contributed by atoms with van der Waals surface area (Å²) in [5.74, 6) is -3.04. The van der Waals surface area contributed by atoms with Crippen LogP contribution >= 0.6 is 0 Å². The van der Waals surface area contributed by atoms with Crippen LogP contribution in [0.25, 0.3) is 0 Å². The molecule has 1 aliphatic heterocycles. The molecule has 0 radical (unpaired) electrons. The number of nitrogens with one attached hydrogen (secondary N) is 2. The summed E-state index contributed by atoms with van der Waals surface area (Å²) in [4.78, 5) is 62.9. The predicted molar refractivity (Wildman–Crippen MR) is 160 cm³/mol. The van der Waals surface area contributed by atoms with Crippen LogP contribution in [0.5, 0.6) is 0 Å². The first-order chi connectivity index (χ1) is 20.7. The number of nitrogens with two attached hydrogens (primary N) is 1. The number of amides is 2. The first kappa shape index (κ1) is 36.1. The quantitative estimate of drug-likeness (QED) is 0.192. The van der Waals surface area contributed by atoms with Crippen LogP contribution in [0.2, 0.25) is 0 Å². The van der Waals surface area contributed by atoms with Gasteiger partial charge in [0, 0.05) is 56.9 Å². The molecule has 0 saturated heterocycles. The number of ketones is 2. The van der Waals surface area contributed by atoms with Crippen molar-refractivity contribution in [3.05, 3.63) is 58.5 Å². The summed E-state index contributed by atoms with van der Waals surface area (Å²) in [7, 11) is 4.34. The fourth-order valence-electron chi connectivity index (χ4n) is 5.03. The van der Waals surface area contributed by atoms with Crippen LogP contribution < -0.4 is 16.4 Å². The Morgan fingerprint density at radius 3 is 2.41 bits per heavy atom. The molecule has 2 aliphatic rings. The number of likely N-dealkylation sites (N-methyl/N-ethyl adjacent to an activating group) is 1. The number of primary amides is 1. The maximum Gasteiger partial charge on any atom is 0.405 e. The highest BCUT2D eigenvalue weighted by molar-refractivity contribution is 6.23. The third kappa shape index (κ3) is 9.73. The zero-order valence-corrected chi connectivity index (χ0v) is 26.2. The Kier molecular flexibility index (Phi) is 13.7. The van der Waals surface area contributed by atoms with Crippen molar-refractivity contribution in [2.45, 2.75) is 65.0 Å². The lowest BCUT2D eigenvalue weighted by Crippen LogP contribution is -2.39. The Labute approximate surface area is 257 Å². The second kappa shape index (κ2) is 16.7. The molecule has 0 aromatic carbocycles. The van der Waals surface area contributed by atoms with Gasteiger partial charge in [-0.3, -0.25) is 19.2 Å². The van der Waals surface area contributed by atoms with Gasteiger partial charge < -0.3 is 40.4 Å². The minimum absolute atomic E-state index is 0.132. The lowest BCUT2D eigenvalue weighted by atomic mass is 9.85. The number of Topliss-reactive ketones (excluding diaryl/α,β-unsaturated/α-hetero) is 1. The summed E-state index contributed by atoms with van der Waals surface area (Å²) >= 11 is 0. The Morgan fingerprint density at radius 2 is 1.84 bits per heavy atom. The highest BCUT2D eigenvalue weighted by Crippen LogP contribution is 2.29. The Hall–Kier alpha value is -4.07. The van der Waals surface area contributed by atoms with Gasteiger partial charge in [-0.2, -0.15) is 0 Å². The van der Waals surface area contributed by atoms with E-state index in [4.69, 9.17) is 24.7 Å². The van der Waals surface area contributed by atoms with Gasteiger partial charge in [0.2, 0.25) is 11.6 Å². The van der Waals surface area contributed by atoms with Gasteiger partial charge in [0.15, 0.2) is 6.10 Å². The number of hydrogen-bond acceptors (Lipinski definition) is 11. The molecule has 2 bridgehead atoms. The molecule has 2 amide bonds. The molecule has 6 atom stereocenters. The third-order valence-corrected chi connectivity index (χ3v) is 7.35. The average Bonchev–Trinajstić information content (AvgIpc) is 2.96. The van der Waals surface area contributed by atoms with E-state index in [2.05, 4.69) is 10.6 Å². The number of hydrogen-bond donors (Lipinski definition) is 4. The van der Waals surface area contributed by atoms with Crippen molar-refractivity contribution in [3.8, 4) is 0 Å². The number of methoxy groups -OCH3 is 2. The summed E-state index contributed by atoms with van der Waals surface area (Å²) < 4.78 is 21.8. The molecular weight excluding hydrogens is 574 g/mol. The van der Waals surface area contributed by atoms with Crippen molar-refractivity contribution in [2.75, 3.05) is 27.9 Å². The van der Waals surface area contributed by atoms with Crippen molar-refractivity contribution in [1.29, 1.82) is 0 Å². The van der Waals surface area contributed by atoms with Gasteiger partial charge >= 0.3 is 12.1 Å². The zero-order chi connectivity index (χ0) is 33.1. The topological polar surface area (TPSA) is 193 Å². The van der Waals surface area contributed by atoms with Crippen LogP contribution in [0.4, 0.5) is 4.79 Å². The lowest BCUT2D eigenvalue weighted by Gasteiger charge is -2.30. The van der Waals surface area contributed by atoms with Crippen molar-refractivity contribution < 1.29 is 48.0 Å². The SMILES string of the molecule is CNC1=C2C[C@@H](C)C[C@@H](OC)[C@H](O)[C@@H](C)/C=C(\COC(C)=O)[C@H](OC(N)=O)[C@H](OC)/C=C\C=C(/C)C(=O)NC(=CC1=O)C2=O. The molecule has 44 heavy (non-hydrogen) atoms. The van der Waals surface area contributed by atoms with Gasteiger partial charge in [-0.25, -0.2) is 4.79 Å². The van der Waals surface area contributed by atoms with E-state index in [0.29, 0.717) is 0 Å². The number of carbonyl (C=O) groups is 5. The van der Waals surface area contributed by atoms with Crippen LogP contribution in [-0.4, -0.2) is 86.9 Å². The molecule has 13 heteroatoms. The number of ether oxygens (including phenoxy) is 4. The van der Waals surface area contributed by atoms with E-state index < -0.39 is 59.9 Å². The van der Waals surface area contributed by atoms with Crippen LogP contribution in [0, 0.1) is 11.8 Å². The first-order valence-corrected chi connectivity index (χ1v) is 14.2. The molecule has 242 valence electrons. The van der Waals surface area contributed by atoms with Crippen LogP contribution in [-0.2, 0) is 38.1 Å².